The molecule has 6 nitrogen and oxygen atoms in total. The van der Waals surface area contributed by atoms with E-state index >= 15 is 0 Å². The van der Waals surface area contributed by atoms with E-state index in [0.717, 1.165) is 21.8 Å². The summed E-state index contributed by atoms with van der Waals surface area (Å²) in [4.78, 5) is 39.3. The summed E-state index contributed by atoms with van der Waals surface area (Å²) in [6.07, 6.45) is 4.99. The summed E-state index contributed by atoms with van der Waals surface area (Å²) in [5.74, 6) is -0.798. The number of amides is 3. The van der Waals surface area contributed by atoms with Crippen molar-refractivity contribution in [2.75, 3.05) is 13.7 Å². The minimum Gasteiger partial charge on any atom is -0.497 e. The lowest BCUT2D eigenvalue weighted by Crippen LogP contribution is -2.42. The van der Waals surface area contributed by atoms with Gasteiger partial charge in [-0.25, -0.2) is 0 Å². The summed E-state index contributed by atoms with van der Waals surface area (Å²) in [5.41, 5.74) is 1.79. The number of allylic oxidation sites excluding steroid dienone is 2. The number of nitrogens with zero attached hydrogens (tertiary/aromatic N) is 1. The van der Waals surface area contributed by atoms with E-state index in [0.29, 0.717) is 12.8 Å². The molecule has 0 unspecified atom stereocenters. The number of fused-ring (bicyclic) bond motifs is 1. The van der Waals surface area contributed by atoms with Crippen LogP contribution in [0.2, 0.25) is 0 Å². The van der Waals surface area contributed by atoms with Gasteiger partial charge in [0.05, 0.1) is 25.0 Å². The molecule has 0 spiro atoms. The lowest BCUT2D eigenvalue weighted by Gasteiger charge is -2.22. The summed E-state index contributed by atoms with van der Waals surface area (Å²) in [6, 6.07) is 16.6. The van der Waals surface area contributed by atoms with Crippen molar-refractivity contribution in [2.24, 2.45) is 11.8 Å². The van der Waals surface area contributed by atoms with Crippen molar-refractivity contribution in [2.45, 2.75) is 18.9 Å². The maximum Gasteiger partial charge on any atom is 0.240 e. The lowest BCUT2D eigenvalue weighted by molar-refractivity contribution is -0.143. The summed E-state index contributed by atoms with van der Waals surface area (Å²) in [7, 11) is 1.60. The normalized spacial score (nSPS) is 21.3. The van der Waals surface area contributed by atoms with Crippen LogP contribution in [-0.2, 0) is 14.4 Å². The van der Waals surface area contributed by atoms with Gasteiger partial charge in [-0.1, -0.05) is 54.6 Å². The molecular formula is C24H24N2O4. The van der Waals surface area contributed by atoms with E-state index in [-0.39, 0.29) is 36.1 Å². The van der Waals surface area contributed by atoms with Gasteiger partial charge in [0.1, 0.15) is 12.3 Å². The number of methoxy groups -OCH3 is 1. The van der Waals surface area contributed by atoms with E-state index in [9.17, 15) is 14.4 Å². The molecule has 0 radical (unpaired) electrons. The summed E-state index contributed by atoms with van der Waals surface area (Å²) in [6.45, 7) is -0.260. The van der Waals surface area contributed by atoms with Crippen LogP contribution in [-0.4, -0.2) is 36.3 Å². The third kappa shape index (κ3) is 3.85. The molecule has 30 heavy (non-hydrogen) atoms. The van der Waals surface area contributed by atoms with Gasteiger partial charge in [-0.2, -0.15) is 0 Å². The average molecular weight is 404 g/mol. The first-order chi connectivity index (χ1) is 14.6. The predicted octanol–water partition coefficient (Wildman–Crippen LogP) is 2.85. The van der Waals surface area contributed by atoms with E-state index in [2.05, 4.69) is 5.32 Å². The van der Waals surface area contributed by atoms with Crippen LogP contribution >= 0.6 is 0 Å². The first kappa shape index (κ1) is 19.9. The highest BCUT2D eigenvalue weighted by Gasteiger charge is 2.47. The predicted molar refractivity (Wildman–Crippen MR) is 111 cm³/mol. The molecule has 0 aromatic heterocycles. The number of benzene rings is 2. The average Bonchev–Trinajstić information content (AvgIpc) is 3.03. The molecule has 3 atom stereocenters. The van der Waals surface area contributed by atoms with E-state index in [1.165, 1.54) is 0 Å². The van der Waals surface area contributed by atoms with Crippen LogP contribution in [0.1, 0.15) is 30.0 Å². The van der Waals surface area contributed by atoms with Gasteiger partial charge in [0, 0.05) is 0 Å². The van der Waals surface area contributed by atoms with Crippen molar-refractivity contribution >= 4 is 17.7 Å². The van der Waals surface area contributed by atoms with Crippen molar-refractivity contribution in [1.82, 2.24) is 10.2 Å². The van der Waals surface area contributed by atoms with Gasteiger partial charge in [-0.05, 0) is 36.1 Å². The Labute approximate surface area is 175 Å². The second-order valence-electron chi connectivity index (χ2n) is 7.60. The van der Waals surface area contributed by atoms with Crippen LogP contribution < -0.4 is 10.1 Å². The van der Waals surface area contributed by atoms with E-state index in [4.69, 9.17) is 4.74 Å². The topological polar surface area (TPSA) is 75.7 Å². The molecule has 2 aromatic rings. The molecule has 1 N–H and O–H groups in total. The molecule has 0 saturated carbocycles. The largest absolute Gasteiger partial charge is 0.497 e. The van der Waals surface area contributed by atoms with Crippen molar-refractivity contribution in [1.29, 1.82) is 0 Å². The SMILES string of the molecule is COc1ccc([C@H](NC(=O)CN2C(=O)[C@H]3CC=CC[C@H]3C2=O)c2ccccc2)cc1. The molecule has 0 bridgehead atoms. The molecule has 6 heteroatoms. The Morgan fingerprint density at radius 2 is 1.53 bits per heavy atom. The zero-order chi connectivity index (χ0) is 21.1. The summed E-state index contributed by atoms with van der Waals surface area (Å²) in [5, 5.41) is 2.99. The van der Waals surface area contributed by atoms with Crippen LogP contribution in [0.4, 0.5) is 0 Å². The van der Waals surface area contributed by atoms with Crippen molar-refractivity contribution < 1.29 is 19.1 Å². The maximum atomic E-state index is 12.9. The van der Waals surface area contributed by atoms with Gasteiger partial charge >= 0.3 is 0 Å². The molecule has 2 aliphatic rings. The number of nitrogens with one attached hydrogen (secondary N) is 1. The number of carbonyl (C=O) groups excluding carboxylic acids is 3. The first-order valence-corrected chi connectivity index (χ1v) is 10.1. The Hall–Kier alpha value is -3.41. The first-order valence-electron chi connectivity index (χ1n) is 10.1. The van der Waals surface area contributed by atoms with Crippen LogP contribution in [0.25, 0.3) is 0 Å². The number of hydrogen-bond acceptors (Lipinski definition) is 4. The number of imide groups is 1. The van der Waals surface area contributed by atoms with Gasteiger partial charge < -0.3 is 10.1 Å². The molecule has 1 heterocycles. The number of ether oxygens (including phenoxy) is 1. The lowest BCUT2D eigenvalue weighted by atomic mass is 9.85. The van der Waals surface area contributed by atoms with Crippen molar-refractivity contribution in [3.8, 4) is 5.75 Å². The van der Waals surface area contributed by atoms with Crippen LogP contribution in [0.3, 0.4) is 0 Å². The quantitative estimate of drug-likeness (QED) is 0.593. The van der Waals surface area contributed by atoms with Crippen LogP contribution in [0.15, 0.2) is 66.7 Å². The second kappa shape index (κ2) is 8.53. The van der Waals surface area contributed by atoms with Gasteiger partial charge in [0.2, 0.25) is 17.7 Å². The summed E-state index contributed by atoms with van der Waals surface area (Å²) >= 11 is 0. The molecule has 154 valence electrons. The molecule has 1 fully saturated rings. The molecular weight excluding hydrogens is 380 g/mol. The van der Waals surface area contributed by atoms with Crippen molar-refractivity contribution in [3.05, 3.63) is 77.9 Å². The number of rotatable bonds is 6. The smallest absolute Gasteiger partial charge is 0.240 e. The number of hydrogen-bond donors (Lipinski definition) is 1. The van der Waals surface area contributed by atoms with Gasteiger partial charge in [-0.3, -0.25) is 19.3 Å². The minimum absolute atomic E-state index is 0.245. The zero-order valence-corrected chi connectivity index (χ0v) is 16.8. The van der Waals surface area contributed by atoms with E-state index < -0.39 is 6.04 Å². The second-order valence-corrected chi connectivity index (χ2v) is 7.60. The minimum atomic E-state index is -0.402. The molecule has 2 aromatic carbocycles. The van der Waals surface area contributed by atoms with Gasteiger partial charge in [0.15, 0.2) is 0 Å². The number of carbonyl (C=O) groups is 3. The van der Waals surface area contributed by atoms with E-state index in [1.54, 1.807) is 7.11 Å². The molecule has 4 rings (SSSR count). The highest BCUT2D eigenvalue weighted by Crippen LogP contribution is 2.35. The fraction of sp³-hybridized carbons (Fsp3) is 0.292. The molecule has 1 aliphatic carbocycles. The molecule has 3 amide bonds. The standard InChI is InChI=1S/C24H24N2O4/c1-30-18-13-11-17(12-14-18)22(16-7-3-2-4-8-16)25-21(27)15-26-23(28)19-9-5-6-10-20(19)24(26)29/h2-8,11-14,19-20,22H,9-10,15H2,1H3,(H,25,27)/t19-,20+,22-/m1/s1. The van der Waals surface area contributed by atoms with Crippen molar-refractivity contribution in [3.63, 3.8) is 0 Å². The third-order valence-electron chi connectivity index (χ3n) is 5.79. The third-order valence-corrected chi connectivity index (χ3v) is 5.79. The van der Waals surface area contributed by atoms with E-state index in [1.807, 2.05) is 66.7 Å². The zero-order valence-electron chi connectivity index (χ0n) is 16.8. The van der Waals surface area contributed by atoms with Gasteiger partial charge in [-0.15, -0.1) is 0 Å². The molecule has 1 aliphatic heterocycles. The Morgan fingerprint density at radius 3 is 2.10 bits per heavy atom. The molecule has 1 saturated heterocycles. The Morgan fingerprint density at radius 1 is 0.967 bits per heavy atom. The Balaban J connectivity index is 1.52. The fourth-order valence-corrected chi connectivity index (χ4v) is 4.18. The Bertz CT molecular complexity index is 942. The van der Waals surface area contributed by atoms with Crippen LogP contribution in [0.5, 0.6) is 5.75 Å². The number of likely N-dealkylation sites (tertiary alicyclic amines) is 1. The Kier molecular flexibility index (Phi) is 5.65. The monoisotopic (exact) mass is 404 g/mol. The van der Waals surface area contributed by atoms with Crippen LogP contribution in [0, 0.1) is 11.8 Å². The summed E-state index contributed by atoms with van der Waals surface area (Å²) < 4.78 is 5.22. The highest BCUT2D eigenvalue weighted by atomic mass is 16.5. The van der Waals surface area contributed by atoms with Gasteiger partial charge in [0.25, 0.3) is 0 Å². The maximum absolute atomic E-state index is 12.9. The fourth-order valence-electron chi connectivity index (χ4n) is 4.18. The highest BCUT2D eigenvalue weighted by molar-refractivity contribution is 6.07.